The summed E-state index contributed by atoms with van der Waals surface area (Å²) in [6, 6.07) is 11.7. The highest BCUT2D eigenvalue weighted by Crippen LogP contribution is 2.33. The molecule has 3 aromatic rings. The van der Waals surface area contributed by atoms with Gasteiger partial charge in [0.15, 0.2) is 0 Å². The van der Waals surface area contributed by atoms with E-state index in [1.165, 1.54) is 12.1 Å². The lowest BCUT2D eigenvalue weighted by Gasteiger charge is -2.11. The number of aromatic nitrogens is 2. The van der Waals surface area contributed by atoms with Crippen LogP contribution in [0.4, 0.5) is 13.2 Å². The molecule has 112 valence electrons. The van der Waals surface area contributed by atoms with Crippen molar-refractivity contribution in [2.24, 2.45) is 0 Å². The van der Waals surface area contributed by atoms with Crippen LogP contribution in [0.3, 0.4) is 0 Å². The molecule has 6 heteroatoms. The molecule has 2 nitrogen and oxygen atoms in total. The first kappa shape index (κ1) is 14.8. The topological polar surface area (TPSA) is 25.8 Å². The molecule has 0 N–H and O–H groups in total. The van der Waals surface area contributed by atoms with Gasteiger partial charge in [-0.15, -0.1) is 0 Å². The van der Waals surface area contributed by atoms with E-state index in [4.69, 9.17) is 11.6 Å². The highest BCUT2D eigenvalue weighted by atomic mass is 35.5. The van der Waals surface area contributed by atoms with Gasteiger partial charge in [0, 0.05) is 16.0 Å². The second-order valence-corrected chi connectivity index (χ2v) is 5.36. The van der Waals surface area contributed by atoms with Gasteiger partial charge in [0.25, 0.3) is 0 Å². The van der Waals surface area contributed by atoms with Gasteiger partial charge in [-0.05, 0) is 25.1 Å². The summed E-state index contributed by atoms with van der Waals surface area (Å²) in [5.41, 5.74) is 2.03. The van der Waals surface area contributed by atoms with E-state index in [9.17, 15) is 13.2 Å². The monoisotopic (exact) mass is 322 g/mol. The van der Waals surface area contributed by atoms with Crippen LogP contribution < -0.4 is 0 Å². The van der Waals surface area contributed by atoms with Crippen molar-refractivity contribution in [1.82, 2.24) is 9.97 Å². The molecule has 0 aliphatic heterocycles. The van der Waals surface area contributed by atoms with Crippen LogP contribution in [0.2, 0.25) is 5.02 Å². The Kier molecular flexibility index (Phi) is 3.53. The highest BCUT2D eigenvalue weighted by molar-refractivity contribution is 6.31. The molecule has 0 aliphatic rings. The summed E-state index contributed by atoms with van der Waals surface area (Å²) < 4.78 is 39.0. The van der Waals surface area contributed by atoms with E-state index in [2.05, 4.69) is 9.97 Å². The summed E-state index contributed by atoms with van der Waals surface area (Å²) in [4.78, 5) is 7.31. The maximum atomic E-state index is 13.0. The number of halogens is 4. The zero-order valence-electron chi connectivity index (χ0n) is 11.4. The second kappa shape index (κ2) is 5.25. The van der Waals surface area contributed by atoms with Crippen LogP contribution >= 0.6 is 11.6 Å². The minimum atomic E-state index is -4.60. The Morgan fingerprint density at radius 2 is 1.64 bits per heavy atom. The minimum absolute atomic E-state index is 0.210. The molecule has 0 amide bonds. The van der Waals surface area contributed by atoms with Crippen LogP contribution in [-0.2, 0) is 6.18 Å². The zero-order valence-corrected chi connectivity index (χ0v) is 12.2. The van der Waals surface area contributed by atoms with Crippen LogP contribution in [0.25, 0.3) is 22.2 Å². The Morgan fingerprint density at radius 1 is 0.955 bits per heavy atom. The first-order valence-corrected chi connectivity index (χ1v) is 6.84. The molecule has 1 aromatic heterocycles. The number of hydrogen-bond acceptors (Lipinski definition) is 2. The van der Waals surface area contributed by atoms with Crippen molar-refractivity contribution >= 4 is 22.5 Å². The zero-order chi connectivity index (χ0) is 15.9. The van der Waals surface area contributed by atoms with Gasteiger partial charge in [-0.1, -0.05) is 41.4 Å². The van der Waals surface area contributed by atoms with Crippen LogP contribution in [-0.4, -0.2) is 9.97 Å². The normalized spacial score (nSPS) is 11.9. The van der Waals surface area contributed by atoms with Gasteiger partial charge in [0.05, 0.1) is 11.2 Å². The molecule has 0 saturated carbocycles. The average molecular weight is 323 g/mol. The van der Waals surface area contributed by atoms with Crippen molar-refractivity contribution in [1.29, 1.82) is 0 Å². The maximum Gasteiger partial charge on any atom is 0.451 e. The fourth-order valence-electron chi connectivity index (χ4n) is 2.16. The van der Waals surface area contributed by atoms with Crippen molar-refractivity contribution in [3.05, 3.63) is 58.9 Å². The summed E-state index contributed by atoms with van der Waals surface area (Å²) in [6.07, 6.45) is -4.60. The van der Waals surface area contributed by atoms with E-state index in [1.807, 2.05) is 19.1 Å². The van der Waals surface area contributed by atoms with Crippen molar-refractivity contribution in [2.45, 2.75) is 13.1 Å². The van der Waals surface area contributed by atoms with Gasteiger partial charge < -0.3 is 0 Å². The number of hydrogen-bond donors (Lipinski definition) is 0. The first-order valence-electron chi connectivity index (χ1n) is 6.46. The highest BCUT2D eigenvalue weighted by Gasteiger charge is 2.35. The first-order chi connectivity index (χ1) is 10.3. The molecule has 0 unspecified atom stereocenters. The van der Waals surface area contributed by atoms with Crippen LogP contribution in [0.15, 0.2) is 42.5 Å². The van der Waals surface area contributed by atoms with E-state index < -0.39 is 12.0 Å². The van der Waals surface area contributed by atoms with E-state index in [1.54, 1.807) is 18.2 Å². The quantitative estimate of drug-likeness (QED) is 0.609. The summed E-state index contributed by atoms with van der Waals surface area (Å²) in [6.45, 7) is 1.90. The molecular formula is C16H10ClF3N2. The Hall–Kier alpha value is -2.14. The second-order valence-electron chi connectivity index (χ2n) is 4.92. The third-order valence-electron chi connectivity index (χ3n) is 3.24. The Morgan fingerprint density at radius 3 is 2.27 bits per heavy atom. The number of benzene rings is 2. The predicted molar refractivity (Wildman–Crippen MR) is 79.7 cm³/mol. The number of rotatable bonds is 1. The molecule has 0 bridgehead atoms. The van der Waals surface area contributed by atoms with Crippen molar-refractivity contribution in [3.63, 3.8) is 0 Å². The van der Waals surface area contributed by atoms with Gasteiger partial charge in [-0.3, -0.25) is 0 Å². The largest absolute Gasteiger partial charge is 0.451 e. The molecule has 1 heterocycles. The maximum absolute atomic E-state index is 13.0. The van der Waals surface area contributed by atoms with Crippen LogP contribution in [0, 0.1) is 6.92 Å². The summed E-state index contributed by atoms with van der Waals surface area (Å²) in [5.74, 6) is -1.15. The molecule has 2 aromatic carbocycles. The fourth-order valence-corrected chi connectivity index (χ4v) is 2.33. The van der Waals surface area contributed by atoms with E-state index in [-0.39, 0.29) is 11.2 Å². The lowest BCUT2D eigenvalue weighted by Crippen LogP contribution is -2.12. The van der Waals surface area contributed by atoms with Gasteiger partial charge in [0.1, 0.15) is 0 Å². The van der Waals surface area contributed by atoms with Crippen LogP contribution in [0.1, 0.15) is 11.4 Å². The molecule has 0 saturated heterocycles. The van der Waals surface area contributed by atoms with Crippen LogP contribution in [0.5, 0.6) is 0 Å². The Bertz CT molecular complexity index is 842. The van der Waals surface area contributed by atoms with Crippen molar-refractivity contribution in [2.75, 3.05) is 0 Å². The van der Waals surface area contributed by atoms with Gasteiger partial charge in [0.2, 0.25) is 5.82 Å². The third-order valence-corrected chi connectivity index (χ3v) is 3.47. The van der Waals surface area contributed by atoms with E-state index in [0.29, 0.717) is 16.0 Å². The number of nitrogens with zero attached hydrogens (tertiary/aromatic N) is 2. The number of aryl methyl sites for hydroxylation is 1. The molecule has 0 spiro atoms. The Labute approximate surface area is 129 Å². The fraction of sp³-hybridized carbons (Fsp3) is 0.125. The van der Waals surface area contributed by atoms with E-state index in [0.717, 1.165) is 5.56 Å². The summed E-state index contributed by atoms with van der Waals surface area (Å²) in [7, 11) is 0. The lowest BCUT2D eigenvalue weighted by molar-refractivity contribution is -0.144. The van der Waals surface area contributed by atoms with Gasteiger partial charge >= 0.3 is 6.18 Å². The van der Waals surface area contributed by atoms with Gasteiger partial charge in [-0.2, -0.15) is 13.2 Å². The SMILES string of the molecule is Cc1ccc(-c2nc(C(F)(F)F)nc3ccc(Cl)cc23)cc1. The number of fused-ring (bicyclic) bond motifs is 1. The standard InChI is InChI=1S/C16H10ClF3N2/c1-9-2-4-10(5-3-9)14-12-8-11(17)6-7-13(12)21-15(22-14)16(18,19)20/h2-8H,1H3. The molecule has 0 fully saturated rings. The molecular weight excluding hydrogens is 313 g/mol. The smallest absolute Gasteiger partial charge is 0.224 e. The minimum Gasteiger partial charge on any atom is -0.224 e. The summed E-state index contributed by atoms with van der Waals surface area (Å²) in [5, 5.41) is 0.911. The Balaban J connectivity index is 2.34. The van der Waals surface area contributed by atoms with Gasteiger partial charge in [-0.25, -0.2) is 9.97 Å². The number of alkyl halides is 3. The van der Waals surface area contributed by atoms with E-state index >= 15 is 0 Å². The molecule has 0 radical (unpaired) electrons. The van der Waals surface area contributed by atoms with Crippen molar-refractivity contribution in [3.8, 4) is 11.3 Å². The third kappa shape index (κ3) is 2.76. The lowest BCUT2D eigenvalue weighted by atomic mass is 10.0. The molecule has 0 atom stereocenters. The predicted octanol–water partition coefficient (Wildman–Crippen LogP) is 5.28. The average Bonchev–Trinajstić information content (AvgIpc) is 2.46. The molecule has 22 heavy (non-hydrogen) atoms. The summed E-state index contributed by atoms with van der Waals surface area (Å²) >= 11 is 5.96. The molecule has 0 aliphatic carbocycles. The molecule has 3 rings (SSSR count). The van der Waals surface area contributed by atoms with Crippen molar-refractivity contribution < 1.29 is 13.2 Å².